The Balaban J connectivity index is 2.50. The van der Waals surface area contributed by atoms with Crippen LogP contribution in [0, 0.1) is 0 Å². The predicted molar refractivity (Wildman–Crippen MR) is 61.7 cm³/mol. The van der Waals surface area contributed by atoms with Gasteiger partial charge in [-0.05, 0) is 18.2 Å². The fourth-order valence-corrected chi connectivity index (χ4v) is 1.39. The molecule has 0 radical (unpaired) electrons. The second-order valence-electron chi connectivity index (χ2n) is 3.15. The largest absolute Gasteiger partial charge is 0.488 e. The lowest BCUT2D eigenvalue weighted by Crippen LogP contribution is -2.01. The molecule has 0 saturated heterocycles. The van der Waals surface area contributed by atoms with Crippen molar-refractivity contribution in [2.75, 3.05) is 6.61 Å². The van der Waals surface area contributed by atoms with Gasteiger partial charge in [-0.25, -0.2) is 4.79 Å². The molecular formula is C13H10O3. The van der Waals surface area contributed by atoms with Gasteiger partial charge < -0.3 is 9.15 Å². The van der Waals surface area contributed by atoms with Gasteiger partial charge in [0, 0.05) is 0 Å². The van der Waals surface area contributed by atoms with Gasteiger partial charge in [0.2, 0.25) is 0 Å². The van der Waals surface area contributed by atoms with Crippen LogP contribution in [0.1, 0.15) is 0 Å². The second kappa shape index (κ2) is 4.51. The van der Waals surface area contributed by atoms with Crippen molar-refractivity contribution in [2.45, 2.75) is 0 Å². The summed E-state index contributed by atoms with van der Waals surface area (Å²) in [6, 6.07) is 8.56. The molecule has 2 rings (SSSR count). The van der Waals surface area contributed by atoms with Gasteiger partial charge in [0.25, 0.3) is 0 Å². The first-order chi connectivity index (χ1) is 7.81. The molecule has 1 aromatic carbocycles. The van der Waals surface area contributed by atoms with E-state index in [1.54, 1.807) is 18.2 Å². The topological polar surface area (TPSA) is 39.4 Å². The van der Waals surface area contributed by atoms with Crippen LogP contribution >= 0.6 is 0 Å². The highest BCUT2D eigenvalue weighted by Crippen LogP contribution is 2.22. The zero-order valence-corrected chi connectivity index (χ0v) is 8.60. The van der Waals surface area contributed by atoms with E-state index in [1.165, 1.54) is 6.07 Å². The van der Waals surface area contributed by atoms with Gasteiger partial charge in [-0.15, -0.1) is 5.73 Å². The monoisotopic (exact) mass is 214 g/mol. The Morgan fingerprint density at radius 2 is 2.25 bits per heavy atom. The van der Waals surface area contributed by atoms with Crippen LogP contribution in [0.5, 0.6) is 5.75 Å². The van der Waals surface area contributed by atoms with Crippen molar-refractivity contribution >= 4 is 11.0 Å². The lowest BCUT2D eigenvalue weighted by Gasteiger charge is -2.05. The SMILES string of the molecule is C=C=CCOc1cc(=O)oc2ccccc12. The molecule has 0 amide bonds. The highest BCUT2D eigenvalue weighted by molar-refractivity contribution is 5.82. The van der Waals surface area contributed by atoms with Gasteiger partial charge in [-0.2, -0.15) is 0 Å². The maximum Gasteiger partial charge on any atom is 0.339 e. The summed E-state index contributed by atoms with van der Waals surface area (Å²) in [6.07, 6.45) is 1.64. The van der Waals surface area contributed by atoms with Gasteiger partial charge in [0.1, 0.15) is 17.9 Å². The molecule has 0 saturated carbocycles. The van der Waals surface area contributed by atoms with Crippen molar-refractivity contribution < 1.29 is 9.15 Å². The van der Waals surface area contributed by atoms with E-state index in [0.717, 1.165) is 5.39 Å². The van der Waals surface area contributed by atoms with E-state index in [9.17, 15) is 4.79 Å². The Morgan fingerprint density at radius 3 is 3.06 bits per heavy atom. The zero-order chi connectivity index (χ0) is 11.4. The summed E-state index contributed by atoms with van der Waals surface area (Å²) in [5.41, 5.74) is 2.70. The van der Waals surface area contributed by atoms with Crippen molar-refractivity contribution in [1.82, 2.24) is 0 Å². The highest BCUT2D eigenvalue weighted by Gasteiger charge is 2.04. The van der Waals surface area contributed by atoms with E-state index in [4.69, 9.17) is 9.15 Å². The number of rotatable bonds is 3. The number of benzene rings is 1. The van der Waals surface area contributed by atoms with E-state index in [-0.39, 0.29) is 0 Å². The van der Waals surface area contributed by atoms with Gasteiger partial charge in [-0.3, -0.25) is 0 Å². The van der Waals surface area contributed by atoms with E-state index < -0.39 is 5.63 Å². The van der Waals surface area contributed by atoms with Crippen LogP contribution in [-0.2, 0) is 0 Å². The van der Waals surface area contributed by atoms with Crippen molar-refractivity contribution in [3.63, 3.8) is 0 Å². The van der Waals surface area contributed by atoms with Crippen LogP contribution in [0.3, 0.4) is 0 Å². The average Bonchev–Trinajstić information content (AvgIpc) is 2.29. The van der Waals surface area contributed by atoms with E-state index in [0.29, 0.717) is 17.9 Å². The fraction of sp³-hybridized carbons (Fsp3) is 0.0769. The standard InChI is InChI=1S/C13H10O3/c1-2-3-8-15-12-9-13(14)16-11-7-5-4-6-10(11)12/h3-7,9H,1,8H2. The Hall–Kier alpha value is -2.25. The van der Waals surface area contributed by atoms with Gasteiger partial charge in [0.05, 0.1) is 11.5 Å². The Bertz CT molecular complexity index is 604. The van der Waals surface area contributed by atoms with Crippen molar-refractivity contribution in [3.8, 4) is 5.75 Å². The van der Waals surface area contributed by atoms with Gasteiger partial charge >= 0.3 is 5.63 Å². The predicted octanol–water partition coefficient (Wildman–Crippen LogP) is 2.51. The molecule has 3 heteroatoms. The molecular weight excluding hydrogens is 204 g/mol. The smallest absolute Gasteiger partial charge is 0.339 e. The van der Waals surface area contributed by atoms with Gasteiger partial charge in [-0.1, -0.05) is 18.7 Å². The number of fused-ring (bicyclic) bond motifs is 1. The summed E-state index contributed by atoms with van der Waals surface area (Å²) < 4.78 is 10.5. The summed E-state index contributed by atoms with van der Waals surface area (Å²) in [5.74, 6) is 0.512. The third kappa shape index (κ3) is 2.05. The molecule has 0 spiro atoms. The lowest BCUT2D eigenvalue weighted by atomic mass is 10.2. The highest BCUT2D eigenvalue weighted by atomic mass is 16.5. The Kier molecular flexibility index (Phi) is 2.90. The zero-order valence-electron chi connectivity index (χ0n) is 8.60. The maximum atomic E-state index is 11.3. The molecule has 16 heavy (non-hydrogen) atoms. The molecule has 0 aliphatic heterocycles. The van der Waals surface area contributed by atoms with E-state index >= 15 is 0 Å². The first-order valence-corrected chi connectivity index (χ1v) is 4.81. The summed E-state index contributed by atoms with van der Waals surface area (Å²) in [6.45, 7) is 3.76. The van der Waals surface area contributed by atoms with Crippen molar-refractivity contribution in [2.24, 2.45) is 0 Å². The number of ether oxygens (including phenoxy) is 1. The second-order valence-corrected chi connectivity index (χ2v) is 3.15. The quantitative estimate of drug-likeness (QED) is 0.582. The fourth-order valence-electron chi connectivity index (χ4n) is 1.39. The maximum absolute atomic E-state index is 11.3. The molecule has 2 aromatic rings. The molecule has 0 fully saturated rings. The Morgan fingerprint density at radius 1 is 1.44 bits per heavy atom. The van der Waals surface area contributed by atoms with Crippen LogP contribution in [0.15, 0.2) is 57.9 Å². The molecule has 0 N–H and O–H groups in total. The van der Waals surface area contributed by atoms with Crippen molar-refractivity contribution in [1.29, 1.82) is 0 Å². The van der Waals surface area contributed by atoms with Crippen LogP contribution < -0.4 is 10.4 Å². The summed E-state index contributed by atoms with van der Waals surface area (Å²) in [5, 5.41) is 0.777. The molecule has 0 unspecified atom stereocenters. The van der Waals surface area contributed by atoms with Crippen LogP contribution in [0.2, 0.25) is 0 Å². The van der Waals surface area contributed by atoms with Crippen LogP contribution in [0.25, 0.3) is 11.0 Å². The molecule has 3 nitrogen and oxygen atoms in total. The van der Waals surface area contributed by atoms with Gasteiger partial charge in [0.15, 0.2) is 0 Å². The molecule has 0 bridgehead atoms. The minimum atomic E-state index is -0.420. The summed E-state index contributed by atoms with van der Waals surface area (Å²) in [7, 11) is 0. The van der Waals surface area contributed by atoms with Crippen LogP contribution in [0.4, 0.5) is 0 Å². The number of hydrogen-bond acceptors (Lipinski definition) is 3. The number of hydrogen-bond donors (Lipinski definition) is 0. The first-order valence-electron chi connectivity index (χ1n) is 4.81. The average molecular weight is 214 g/mol. The molecule has 1 heterocycles. The third-order valence-electron chi connectivity index (χ3n) is 2.08. The van der Waals surface area contributed by atoms with Crippen LogP contribution in [-0.4, -0.2) is 6.61 Å². The molecule has 1 aromatic heterocycles. The first kappa shape index (κ1) is 10.3. The molecule has 80 valence electrons. The molecule has 0 aliphatic carbocycles. The normalized spacial score (nSPS) is 9.75. The summed E-state index contributed by atoms with van der Waals surface area (Å²) >= 11 is 0. The third-order valence-corrected chi connectivity index (χ3v) is 2.08. The molecule has 0 atom stereocenters. The lowest BCUT2D eigenvalue weighted by molar-refractivity contribution is 0.363. The minimum absolute atomic E-state index is 0.330. The Labute approximate surface area is 92.3 Å². The van der Waals surface area contributed by atoms with E-state index in [2.05, 4.69) is 12.3 Å². The minimum Gasteiger partial charge on any atom is -0.488 e. The number of para-hydroxylation sites is 1. The molecule has 0 aliphatic rings. The van der Waals surface area contributed by atoms with E-state index in [1.807, 2.05) is 12.1 Å². The van der Waals surface area contributed by atoms with Crippen molar-refractivity contribution in [3.05, 3.63) is 59.1 Å². The summed E-state index contributed by atoms with van der Waals surface area (Å²) in [4.78, 5) is 11.3.